The third kappa shape index (κ3) is 6.11. The molecule has 1 aromatic heterocycles. The van der Waals surface area contributed by atoms with Gasteiger partial charge >= 0.3 is 0 Å². The third-order valence-electron chi connectivity index (χ3n) is 7.18. The summed E-state index contributed by atoms with van der Waals surface area (Å²) >= 11 is 7.76. The highest BCUT2D eigenvalue weighted by Gasteiger charge is 2.34. The van der Waals surface area contributed by atoms with Crippen LogP contribution in [0.25, 0.3) is 10.9 Å². The molecule has 0 bridgehead atoms. The Labute approximate surface area is 219 Å². The Hall–Kier alpha value is -1.97. The van der Waals surface area contributed by atoms with Gasteiger partial charge in [0.15, 0.2) is 11.6 Å². The number of piperidine rings is 1. The number of ether oxygens (including phenoxy) is 1. The van der Waals surface area contributed by atoms with E-state index in [1.54, 1.807) is 19.4 Å². The summed E-state index contributed by atoms with van der Waals surface area (Å²) in [7, 11) is 1.59. The van der Waals surface area contributed by atoms with Gasteiger partial charge in [-0.05, 0) is 74.5 Å². The normalized spacial score (nSPS) is 16.8. The molecule has 5 nitrogen and oxygen atoms in total. The van der Waals surface area contributed by atoms with Gasteiger partial charge in [0, 0.05) is 40.9 Å². The minimum Gasteiger partial charge on any atom is -0.497 e. The fourth-order valence-corrected chi connectivity index (χ4v) is 6.08. The van der Waals surface area contributed by atoms with Gasteiger partial charge in [0.05, 0.1) is 23.8 Å². The Morgan fingerprint density at radius 2 is 2.00 bits per heavy atom. The van der Waals surface area contributed by atoms with Crippen LogP contribution in [-0.2, 0) is 0 Å². The number of methoxy groups -OCH3 is 1. The van der Waals surface area contributed by atoms with E-state index in [0.29, 0.717) is 39.8 Å². The maximum atomic E-state index is 13.9. The van der Waals surface area contributed by atoms with Crippen molar-refractivity contribution in [1.82, 2.24) is 9.88 Å². The fraction of sp³-hybridized carbons (Fsp3) is 0.444. The molecule has 1 saturated heterocycles. The standard InChI is InChI=1S/C27H31ClF2N2O3S/c1-35-18-5-6-22-19(15-18)25(20(28)16-31-22)23(34)7-8-27(17-33)9-11-32(12-10-27)13-14-36-24-4-2-3-21(29)26(24)30/h2-6,15-16,23,33-34H,7-14,17H2,1H3. The molecule has 3 aromatic rings. The van der Waals surface area contributed by atoms with Crippen molar-refractivity contribution in [2.75, 3.05) is 39.1 Å². The Kier molecular flexibility index (Phi) is 9.06. The number of halogens is 3. The molecular formula is C27H31ClF2N2O3S. The first-order valence-corrected chi connectivity index (χ1v) is 13.4. The molecule has 2 heterocycles. The summed E-state index contributed by atoms with van der Waals surface area (Å²) in [6.45, 7) is 2.42. The highest BCUT2D eigenvalue weighted by molar-refractivity contribution is 7.99. The minimum atomic E-state index is -0.826. The lowest BCUT2D eigenvalue weighted by atomic mass is 9.74. The molecule has 1 atom stereocenters. The number of pyridine rings is 1. The fourth-order valence-electron chi connectivity index (χ4n) is 4.84. The van der Waals surface area contributed by atoms with E-state index in [1.165, 1.54) is 17.8 Å². The number of thioether (sulfide) groups is 1. The average molecular weight is 537 g/mol. The van der Waals surface area contributed by atoms with Gasteiger partial charge in [-0.2, -0.15) is 0 Å². The SMILES string of the molecule is COc1ccc2ncc(Cl)c(C(O)CCC3(CO)CCN(CCSc4cccc(F)c4F)CC3)c2c1. The number of hydrogen-bond acceptors (Lipinski definition) is 6. The van der Waals surface area contributed by atoms with Gasteiger partial charge in [-0.15, -0.1) is 11.8 Å². The summed E-state index contributed by atoms with van der Waals surface area (Å²) in [6, 6.07) is 9.73. The molecule has 1 fully saturated rings. The van der Waals surface area contributed by atoms with Crippen molar-refractivity contribution < 1.29 is 23.7 Å². The number of aliphatic hydroxyl groups excluding tert-OH is 2. The van der Waals surface area contributed by atoms with Crippen molar-refractivity contribution in [1.29, 1.82) is 0 Å². The van der Waals surface area contributed by atoms with Crippen LogP contribution < -0.4 is 4.74 Å². The first kappa shape index (κ1) is 27.1. The molecule has 1 unspecified atom stereocenters. The Balaban J connectivity index is 1.33. The summed E-state index contributed by atoms with van der Waals surface area (Å²) in [4.78, 5) is 6.97. The maximum Gasteiger partial charge on any atom is 0.172 e. The molecule has 2 N–H and O–H groups in total. The average Bonchev–Trinajstić information content (AvgIpc) is 2.90. The van der Waals surface area contributed by atoms with E-state index in [2.05, 4.69) is 9.88 Å². The number of hydrogen-bond donors (Lipinski definition) is 2. The van der Waals surface area contributed by atoms with Gasteiger partial charge in [-0.25, -0.2) is 8.78 Å². The highest BCUT2D eigenvalue weighted by Crippen LogP contribution is 2.40. The lowest BCUT2D eigenvalue weighted by molar-refractivity contribution is 0.0254. The number of rotatable bonds is 10. The van der Waals surface area contributed by atoms with Crippen LogP contribution in [0, 0.1) is 17.0 Å². The third-order valence-corrected chi connectivity index (χ3v) is 8.50. The van der Waals surface area contributed by atoms with Gasteiger partial charge in [0.25, 0.3) is 0 Å². The Bertz CT molecular complexity index is 1190. The summed E-state index contributed by atoms with van der Waals surface area (Å²) in [5.74, 6) is -0.299. The van der Waals surface area contributed by atoms with Gasteiger partial charge in [0.2, 0.25) is 0 Å². The molecule has 0 spiro atoms. The largest absolute Gasteiger partial charge is 0.497 e. The zero-order chi connectivity index (χ0) is 25.7. The molecule has 4 rings (SSSR count). The van der Waals surface area contributed by atoms with E-state index >= 15 is 0 Å². The van der Waals surface area contributed by atoms with Gasteiger partial charge in [0.1, 0.15) is 5.75 Å². The molecule has 0 aliphatic carbocycles. The van der Waals surface area contributed by atoms with Crippen LogP contribution in [0.2, 0.25) is 5.02 Å². The zero-order valence-electron chi connectivity index (χ0n) is 20.2. The minimum absolute atomic E-state index is 0.0511. The lowest BCUT2D eigenvalue weighted by Gasteiger charge is -2.41. The first-order chi connectivity index (χ1) is 17.4. The smallest absolute Gasteiger partial charge is 0.172 e. The number of aliphatic hydroxyl groups is 2. The topological polar surface area (TPSA) is 65.8 Å². The molecule has 1 aliphatic rings. The van der Waals surface area contributed by atoms with Crippen LogP contribution in [0.3, 0.4) is 0 Å². The summed E-state index contributed by atoms with van der Waals surface area (Å²) in [6.07, 6.45) is 3.48. The summed E-state index contributed by atoms with van der Waals surface area (Å²) in [5.41, 5.74) is 1.09. The molecule has 0 amide bonds. The lowest BCUT2D eigenvalue weighted by Crippen LogP contribution is -2.43. The highest BCUT2D eigenvalue weighted by atomic mass is 35.5. The van der Waals surface area contributed by atoms with E-state index in [-0.39, 0.29) is 12.0 Å². The van der Waals surface area contributed by atoms with Crippen molar-refractivity contribution in [3.63, 3.8) is 0 Å². The van der Waals surface area contributed by atoms with Crippen LogP contribution in [0.15, 0.2) is 47.5 Å². The van der Waals surface area contributed by atoms with Crippen LogP contribution in [0.1, 0.15) is 37.4 Å². The quantitative estimate of drug-likeness (QED) is 0.317. The monoisotopic (exact) mass is 536 g/mol. The van der Waals surface area contributed by atoms with Gasteiger partial charge < -0.3 is 19.8 Å². The van der Waals surface area contributed by atoms with E-state index < -0.39 is 17.7 Å². The molecule has 9 heteroatoms. The number of likely N-dealkylation sites (tertiary alicyclic amines) is 1. The second-order valence-electron chi connectivity index (χ2n) is 9.36. The second-order valence-corrected chi connectivity index (χ2v) is 10.9. The predicted octanol–water partition coefficient (Wildman–Crippen LogP) is 5.86. The van der Waals surface area contributed by atoms with E-state index in [9.17, 15) is 19.0 Å². The number of nitrogens with zero attached hydrogens (tertiary/aromatic N) is 2. The molecule has 194 valence electrons. The zero-order valence-corrected chi connectivity index (χ0v) is 21.8. The Morgan fingerprint density at radius 1 is 1.22 bits per heavy atom. The molecular weight excluding hydrogens is 506 g/mol. The first-order valence-electron chi connectivity index (χ1n) is 12.1. The number of benzene rings is 2. The maximum absolute atomic E-state index is 13.9. The molecule has 0 saturated carbocycles. The summed E-state index contributed by atoms with van der Waals surface area (Å²) in [5, 5.41) is 22.5. The van der Waals surface area contributed by atoms with Crippen molar-refractivity contribution in [2.45, 2.75) is 36.7 Å². The van der Waals surface area contributed by atoms with Crippen LogP contribution in [0.5, 0.6) is 5.75 Å². The van der Waals surface area contributed by atoms with Gasteiger partial charge in [-0.1, -0.05) is 17.7 Å². The molecule has 36 heavy (non-hydrogen) atoms. The van der Waals surface area contributed by atoms with Crippen LogP contribution >= 0.6 is 23.4 Å². The predicted molar refractivity (Wildman–Crippen MR) is 140 cm³/mol. The Morgan fingerprint density at radius 3 is 2.72 bits per heavy atom. The van der Waals surface area contributed by atoms with Crippen molar-refractivity contribution >= 4 is 34.3 Å². The summed E-state index contributed by atoms with van der Waals surface area (Å²) < 4.78 is 32.6. The van der Waals surface area contributed by atoms with Crippen molar-refractivity contribution in [3.05, 3.63) is 64.8 Å². The van der Waals surface area contributed by atoms with Crippen LogP contribution in [-0.4, -0.2) is 59.2 Å². The van der Waals surface area contributed by atoms with Crippen LogP contribution in [0.4, 0.5) is 8.78 Å². The van der Waals surface area contributed by atoms with E-state index in [1.807, 2.05) is 18.2 Å². The van der Waals surface area contributed by atoms with E-state index in [4.69, 9.17) is 16.3 Å². The second kappa shape index (κ2) is 12.0. The van der Waals surface area contributed by atoms with E-state index in [0.717, 1.165) is 49.4 Å². The van der Waals surface area contributed by atoms with Gasteiger partial charge in [-0.3, -0.25) is 4.98 Å². The van der Waals surface area contributed by atoms with Crippen molar-refractivity contribution in [2.24, 2.45) is 5.41 Å². The molecule has 2 aromatic carbocycles. The van der Waals surface area contributed by atoms with Crippen molar-refractivity contribution in [3.8, 4) is 5.75 Å². The number of fused-ring (bicyclic) bond motifs is 1. The number of aromatic nitrogens is 1. The molecule has 0 radical (unpaired) electrons. The molecule has 1 aliphatic heterocycles.